The van der Waals surface area contributed by atoms with Crippen LogP contribution in [0.1, 0.15) is 48.6 Å². The van der Waals surface area contributed by atoms with Crippen molar-refractivity contribution in [3.8, 4) is 17.1 Å². The minimum atomic E-state index is -0.321. The van der Waals surface area contributed by atoms with Crippen LogP contribution in [0.3, 0.4) is 0 Å². The Kier molecular flexibility index (Phi) is 6.08. The van der Waals surface area contributed by atoms with Crippen molar-refractivity contribution in [2.75, 3.05) is 14.2 Å². The Labute approximate surface area is 154 Å². The number of carbonyl (C=O) groups excluding carboxylic acids is 2. The molecular formula is C20H26N2O4. The molecule has 0 saturated heterocycles. The minimum absolute atomic E-state index is 0.0262. The number of furan rings is 1. The average Bonchev–Trinajstić information content (AvgIpc) is 3.09. The molecule has 2 aromatic rings. The van der Waals surface area contributed by atoms with Gasteiger partial charge in [0.25, 0.3) is 11.8 Å². The summed E-state index contributed by atoms with van der Waals surface area (Å²) in [7, 11) is 3.07. The summed E-state index contributed by atoms with van der Waals surface area (Å²) in [6.07, 6.45) is 0. The van der Waals surface area contributed by atoms with Crippen molar-refractivity contribution in [3.63, 3.8) is 0 Å². The lowest BCUT2D eigenvalue weighted by Crippen LogP contribution is -2.42. The summed E-state index contributed by atoms with van der Waals surface area (Å²) in [6.45, 7) is 7.90. The quantitative estimate of drug-likeness (QED) is 0.857. The Balaban J connectivity index is 2.60. The smallest absolute Gasteiger partial charge is 0.286 e. The van der Waals surface area contributed by atoms with Crippen LogP contribution in [-0.2, 0) is 0 Å². The molecule has 0 aliphatic carbocycles. The Hall–Kier alpha value is -2.76. The zero-order valence-corrected chi connectivity index (χ0v) is 16.1. The fourth-order valence-corrected chi connectivity index (χ4v) is 3.05. The van der Waals surface area contributed by atoms with Crippen LogP contribution in [0, 0.1) is 0 Å². The van der Waals surface area contributed by atoms with Crippen LogP contribution in [0.4, 0.5) is 0 Å². The summed E-state index contributed by atoms with van der Waals surface area (Å²) < 4.78 is 11.1. The highest BCUT2D eigenvalue weighted by molar-refractivity contribution is 6.03. The molecule has 1 N–H and O–H groups in total. The number of benzene rings is 1. The number of ether oxygens (including phenoxy) is 1. The van der Waals surface area contributed by atoms with Gasteiger partial charge in [0, 0.05) is 24.7 Å². The standard InChI is InChI=1S/C20H26N2O4/c1-12(2)22(13(3)4)20(24)18-14(8-7-9-16(18)25-6)15-10-11-17(26-15)19(23)21-5/h7-13H,1-6H3,(H,21,23). The zero-order valence-electron chi connectivity index (χ0n) is 16.1. The fourth-order valence-electron chi connectivity index (χ4n) is 3.05. The molecule has 0 atom stereocenters. The van der Waals surface area contributed by atoms with Gasteiger partial charge in [0.1, 0.15) is 11.5 Å². The van der Waals surface area contributed by atoms with E-state index in [2.05, 4.69) is 5.32 Å². The van der Waals surface area contributed by atoms with Gasteiger partial charge in [0.2, 0.25) is 0 Å². The van der Waals surface area contributed by atoms with Crippen molar-refractivity contribution in [2.45, 2.75) is 39.8 Å². The molecule has 2 rings (SSSR count). The highest BCUT2D eigenvalue weighted by Crippen LogP contribution is 2.33. The van der Waals surface area contributed by atoms with E-state index in [-0.39, 0.29) is 29.7 Å². The topological polar surface area (TPSA) is 71.8 Å². The maximum atomic E-state index is 13.3. The summed E-state index contributed by atoms with van der Waals surface area (Å²) in [6, 6.07) is 8.66. The van der Waals surface area contributed by atoms with Crippen LogP contribution >= 0.6 is 0 Å². The zero-order chi connectivity index (χ0) is 19.4. The molecule has 1 heterocycles. The minimum Gasteiger partial charge on any atom is -0.496 e. The van der Waals surface area contributed by atoms with E-state index in [1.54, 1.807) is 35.2 Å². The third-order valence-corrected chi connectivity index (χ3v) is 4.13. The van der Waals surface area contributed by atoms with Crippen molar-refractivity contribution in [3.05, 3.63) is 41.7 Å². The van der Waals surface area contributed by atoms with Crippen LogP contribution in [-0.4, -0.2) is 43.0 Å². The molecule has 0 radical (unpaired) electrons. The second-order valence-electron chi connectivity index (χ2n) is 6.53. The van der Waals surface area contributed by atoms with Gasteiger partial charge in [0.15, 0.2) is 5.76 Å². The van der Waals surface area contributed by atoms with Crippen molar-refractivity contribution >= 4 is 11.8 Å². The first-order chi connectivity index (χ1) is 12.3. The summed E-state index contributed by atoms with van der Waals surface area (Å²) in [5.74, 6) is 0.640. The lowest BCUT2D eigenvalue weighted by molar-refractivity contribution is 0.0641. The predicted octanol–water partition coefficient (Wildman–Crippen LogP) is 3.57. The molecular weight excluding hydrogens is 332 g/mol. The molecule has 0 bridgehead atoms. The number of carbonyl (C=O) groups is 2. The Morgan fingerprint density at radius 2 is 1.73 bits per heavy atom. The molecule has 26 heavy (non-hydrogen) atoms. The van der Waals surface area contributed by atoms with E-state index in [1.807, 2.05) is 27.7 Å². The predicted molar refractivity (Wildman–Crippen MR) is 101 cm³/mol. The molecule has 2 amide bonds. The van der Waals surface area contributed by atoms with Gasteiger partial charge in [-0.25, -0.2) is 0 Å². The Morgan fingerprint density at radius 1 is 1.08 bits per heavy atom. The van der Waals surface area contributed by atoms with Gasteiger partial charge in [-0.1, -0.05) is 12.1 Å². The number of hydrogen-bond donors (Lipinski definition) is 1. The van der Waals surface area contributed by atoms with Gasteiger partial charge in [-0.15, -0.1) is 0 Å². The summed E-state index contributed by atoms with van der Waals surface area (Å²) in [4.78, 5) is 26.9. The monoisotopic (exact) mass is 358 g/mol. The van der Waals surface area contributed by atoms with Crippen LogP contribution in [0.25, 0.3) is 11.3 Å². The van der Waals surface area contributed by atoms with Gasteiger partial charge < -0.3 is 19.4 Å². The molecule has 6 heteroatoms. The number of methoxy groups -OCH3 is 1. The van der Waals surface area contributed by atoms with E-state index in [1.165, 1.54) is 14.2 Å². The largest absolute Gasteiger partial charge is 0.496 e. The molecule has 0 fully saturated rings. The van der Waals surface area contributed by atoms with E-state index >= 15 is 0 Å². The third kappa shape index (κ3) is 3.74. The molecule has 0 saturated carbocycles. The molecule has 1 aromatic carbocycles. The maximum Gasteiger partial charge on any atom is 0.286 e. The molecule has 140 valence electrons. The Morgan fingerprint density at radius 3 is 2.27 bits per heavy atom. The first kappa shape index (κ1) is 19.6. The van der Waals surface area contributed by atoms with Gasteiger partial charge in [-0.05, 0) is 45.9 Å². The van der Waals surface area contributed by atoms with Gasteiger partial charge in [-0.2, -0.15) is 0 Å². The van der Waals surface area contributed by atoms with Crippen molar-refractivity contribution in [1.82, 2.24) is 10.2 Å². The molecule has 0 spiro atoms. The molecule has 1 aromatic heterocycles. The van der Waals surface area contributed by atoms with Crippen molar-refractivity contribution < 1.29 is 18.7 Å². The first-order valence-corrected chi connectivity index (χ1v) is 8.63. The molecule has 0 aliphatic rings. The number of amides is 2. The fraction of sp³-hybridized carbons (Fsp3) is 0.400. The number of nitrogens with zero attached hydrogens (tertiary/aromatic N) is 1. The highest BCUT2D eigenvalue weighted by Gasteiger charge is 2.28. The van der Waals surface area contributed by atoms with Crippen LogP contribution < -0.4 is 10.1 Å². The Bertz CT molecular complexity index is 785. The van der Waals surface area contributed by atoms with E-state index in [0.29, 0.717) is 22.6 Å². The first-order valence-electron chi connectivity index (χ1n) is 8.63. The maximum absolute atomic E-state index is 13.3. The average molecular weight is 358 g/mol. The van der Waals surface area contributed by atoms with E-state index in [9.17, 15) is 9.59 Å². The SMILES string of the molecule is CNC(=O)c1ccc(-c2cccc(OC)c2C(=O)N(C(C)C)C(C)C)o1. The summed E-state index contributed by atoms with van der Waals surface area (Å²) in [5, 5.41) is 2.52. The summed E-state index contributed by atoms with van der Waals surface area (Å²) >= 11 is 0. The lowest BCUT2D eigenvalue weighted by atomic mass is 10.0. The van der Waals surface area contributed by atoms with E-state index in [4.69, 9.17) is 9.15 Å². The third-order valence-electron chi connectivity index (χ3n) is 4.13. The second kappa shape index (κ2) is 8.08. The number of rotatable bonds is 6. The van der Waals surface area contributed by atoms with Gasteiger partial charge in [0.05, 0.1) is 12.7 Å². The number of hydrogen-bond acceptors (Lipinski definition) is 4. The van der Waals surface area contributed by atoms with Gasteiger partial charge >= 0.3 is 0 Å². The second-order valence-corrected chi connectivity index (χ2v) is 6.53. The normalized spacial score (nSPS) is 10.9. The summed E-state index contributed by atoms with van der Waals surface area (Å²) in [5.41, 5.74) is 1.02. The van der Waals surface area contributed by atoms with Gasteiger partial charge in [-0.3, -0.25) is 9.59 Å². The molecule has 0 unspecified atom stereocenters. The van der Waals surface area contributed by atoms with E-state index < -0.39 is 0 Å². The van der Waals surface area contributed by atoms with E-state index in [0.717, 1.165) is 0 Å². The molecule has 6 nitrogen and oxygen atoms in total. The van der Waals surface area contributed by atoms with Crippen LogP contribution in [0.15, 0.2) is 34.7 Å². The van der Waals surface area contributed by atoms with Crippen LogP contribution in [0.2, 0.25) is 0 Å². The van der Waals surface area contributed by atoms with Crippen molar-refractivity contribution in [1.29, 1.82) is 0 Å². The highest BCUT2D eigenvalue weighted by atomic mass is 16.5. The molecule has 0 aliphatic heterocycles. The lowest BCUT2D eigenvalue weighted by Gasteiger charge is -2.31. The van der Waals surface area contributed by atoms with Crippen molar-refractivity contribution in [2.24, 2.45) is 0 Å². The number of nitrogens with one attached hydrogen (secondary N) is 1. The van der Waals surface area contributed by atoms with Crippen LogP contribution in [0.5, 0.6) is 5.75 Å².